The third-order valence-electron chi connectivity index (χ3n) is 3.32. The first kappa shape index (κ1) is 14.9. The molecule has 0 radical (unpaired) electrons. The van der Waals surface area contributed by atoms with Crippen LogP contribution in [0, 0.1) is 0 Å². The first-order valence-electron chi connectivity index (χ1n) is 6.76. The monoisotopic (exact) mass is 297 g/mol. The topological polar surface area (TPSA) is 75.4 Å². The summed E-state index contributed by atoms with van der Waals surface area (Å²) in [7, 11) is 0. The van der Waals surface area contributed by atoms with E-state index in [1.54, 1.807) is 39.8 Å². The third kappa shape index (κ3) is 3.33. The van der Waals surface area contributed by atoms with Gasteiger partial charge in [0.1, 0.15) is 6.04 Å². The quantitative estimate of drug-likeness (QED) is 0.859. The highest BCUT2D eigenvalue weighted by atomic mass is 32.2. The van der Waals surface area contributed by atoms with Crippen molar-refractivity contribution >= 4 is 23.6 Å². The second-order valence-electron chi connectivity index (χ2n) is 4.75. The maximum Gasteiger partial charge on any atom is 0.327 e. The molecule has 110 valence electrons. The molecule has 1 aliphatic rings. The number of aromatic nitrogens is 2. The molecule has 0 aromatic carbocycles. The predicted molar refractivity (Wildman–Crippen MR) is 76.3 cm³/mol. The summed E-state index contributed by atoms with van der Waals surface area (Å²) in [4.78, 5) is 25.2. The molecule has 1 fully saturated rings. The zero-order chi connectivity index (χ0) is 14.5. The molecule has 1 aliphatic heterocycles. The molecular formula is C13H19N3O3S. The van der Waals surface area contributed by atoms with Crippen molar-refractivity contribution in [1.82, 2.24) is 14.7 Å². The van der Waals surface area contributed by atoms with Gasteiger partial charge in [-0.05, 0) is 12.5 Å². The maximum absolute atomic E-state index is 12.3. The number of carboxylic acids is 1. The molecule has 0 spiro atoms. The summed E-state index contributed by atoms with van der Waals surface area (Å²) < 4.78 is 1.69. The average Bonchev–Trinajstić information content (AvgIpc) is 3.05. The highest BCUT2D eigenvalue weighted by Crippen LogP contribution is 2.32. The van der Waals surface area contributed by atoms with E-state index in [-0.39, 0.29) is 17.7 Å². The van der Waals surface area contributed by atoms with Crippen LogP contribution >= 0.6 is 11.8 Å². The van der Waals surface area contributed by atoms with E-state index in [1.807, 2.05) is 6.92 Å². The van der Waals surface area contributed by atoms with E-state index >= 15 is 0 Å². The molecule has 1 amide bonds. The van der Waals surface area contributed by atoms with Gasteiger partial charge in [0.15, 0.2) is 0 Å². The Hall–Kier alpha value is -1.50. The largest absolute Gasteiger partial charge is 0.480 e. The van der Waals surface area contributed by atoms with Crippen molar-refractivity contribution in [3.8, 4) is 0 Å². The molecule has 6 nitrogen and oxygen atoms in total. The Balaban J connectivity index is 2.00. The van der Waals surface area contributed by atoms with Crippen molar-refractivity contribution in [2.45, 2.75) is 44.1 Å². The number of amides is 1. The van der Waals surface area contributed by atoms with E-state index in [2.05, 4.69) is 5.10 Å². The van der Waals surface area contributed by atoms with Crippen molar-refractivity contribution in [2.24, 2.45) is 0 Å². The Morgan fingerprint density at radius 2 is 2.30 bits per heavy atom. The predicted octanol–water partition coefficient (Wildman–Crippen LogP) is 1.43. The molecule has 1 N–H and O–H groups in total. The molecule has 7 heteroatoms. The van der Waals surface area contributed by atoms with Gasteiger partial charge in [-0.2, -0.15) is 5.10 Å². The highest BCUT2D eigenvalue weighted by molar-refractivity contribution is 8.00. The van der Waals surface area contributed by atoms with Gasteiger partial charge >= 0.3 is 5.97 Å². The fourth-order valence-electron chi connectivity index (χ4n) is 2.33. The normalized spacial score (nSPS) is 22.1. The Bertz CT molecular complexity index is 463. The summed E-state index contributed by atoms with van der Waals surface area (Å²) in [5.41, 5.74) is 0. The maximum atomic E-state index is 12.3. The number of carbonyl (C=O) groups is 2. The number of nitrogens with zero attached hydrogens (tertiary/aromatic N) is 3. The summed E-state index contributed by atoms with van der Waals surface area (Å²) in [6.07, 6.45) is 5.52. The first-order valence-corrected chi connectivity index (χ1v) is 7.81. The molecule has 2 atom stereocenters. The van der Waals surface area contributed by atoms with Gasteiger partial charge in [-0.3, -0.25) is 9.48 Å². The highest BCUT2D eigenvalue weighted by Gasteiger charge is 2.40. The molecule has 1 aromatic heterocycles. The lowest BCUT2D eigenvalue weighted by Crippen LogP contribution is -2.45. The minimum absolute atomic E-state index is 0.00813. The van der Waals surface area contributed by atoms with E-state index in [4.69, 9.17) is 0 Å². The second kappa shape index (κ2) is 6.78. The summed E-state index contributed by atoms with van der Waals surface area (Å²) in [5, 5.41) is 13.3. The van der Waals surface area contributed by atoms with Gasteiger partial charge in [-0.25, -0.2) is 4.79 Å². The van der Waals surface area contributed by atoms with Crippen LogP contribution in [0.25, 0.3) is 0 Å². The zero-order valence-corrected chi connectivity index (χ0v) is 12.3. The van der Waals surface area contributed by atoms with Crippen molar-refractivity contribution in [3.63, 3.8) is 0 Å². The average molecular weight is 297 g/mol. The number of aryl methyl sites for hydroxylation is 1. The molecule has 1 saturated heterocycles. The Morgan fingerprint density at radius 3 is 2.90 bits per heavy atom. The summed E-state index contributed by atoms with van der Waals surface area (Å²) in [6, 6.07) is 1.11. The molecular weight excluding hydrogens is 278 g/mol. The number of rotatable bonds is 6. The van der Waals surface area contributed by atoms with Gasteiger partial charge in [0.2, 0.25) is 5.91 Å². The van der Waals surface area contributed by atoms with Gasteiger partial charge in [-0.15, -0.1) is 11.8 Å². The molecule has 2 rings (SSSR count). The molecule has 2 unspecified atom stereocenters. The van der Waals surface area contributed by atoms with Crippen molar-refractivity contribution < 1.29 is 14.7 Å². The van der Waals surface area contributed by atoms with Crippen LogP contribution in [0.5, 0.6) is 0 Å². The van der Waals surface area contributed by atoms with Gasteiger partial charge in [-0.1, -0.05) is 13.3 Å². The number of carboxylic acid groups (broad SMARTS) is 1. The van der Waals surface area contributed by atoms with E-state index < -0.39 is 12.0 Å². The Kier molecular flexibility index (Phi) is 5.05. The number of thioether (sulfide) groups is 1. The van der Waals surface area contributed by atoms with Crippen LogP contribution in [-0.4, -0.2) is 48.8 Å². The summed E-state index contributed by atoms with van der Waals surface area (Å²) >= 11 is 1.56. The number of hydrogen-bond acceptors (Lipinski definition) is 4. The SMILES string of the molecule is CCCC1SCC(C(=O)O)N1C(=O)CCn1cccn1. The fraction of sp³-hybridized carbons (Fsp3) is 0.615. The van der Waals surface area contributed by atoms with Gasteiger partial charge in [0, 0.05) is 31.1 Å². The van der Waals surface area contributed by atoms with Crippen molar-refractivity contribution in [1.29, 1.82) is 0 Å². The van der Waals surface area contributed by atoms with Gasteiger partial charge in [0.05, 0.1) is 5.37 Å². The lowest BCUT2D eigenvalue weighted by molar-refractivity contribution is -0.149. The standard InChI is InChI=1S/C13H19N3O3S/c1-2-4-12-16(10(9-20-12)13(18)19)11(17)5-8-15-7-3-6-14-15/h3,6-7,10,12H,2,4-5,8-9H2,1H3,(H,18,19). The lowest BCUT2D eigenvalue weighted by atomic mass is 10.2. The third-order valence-corrected chi connectivity index (χ3v) is 4.67. The smallest absolute Gasteiger partial charge is 0.327 e. The van der Waals surface area contributed by atoms with Crippen molar-refractivity contribution in [2.75, 3.05) is 5.75 Å². The zero-order valence-electron chi connectivity index (χ0n) is 11.4. The minimum atomic E-state index is -0.913. The van der Waals surface area contributed by atoms with Crippen LogP contribution in [-0.2, 0) is 16.1 Å². The minimum Gasteiger partial charge on any atom is -0.480 e. The molecule has 2 heterocycles. The van der Waals surface area contributed by atoms with Crippen LogP contribution in [0.4, 0.5) is 0 Å². The van der Waals surface area contributed by atoms with E-state index in [0.717, 1.165) is 12.8 Å². The van der Waals surface area contributed by atoms with Crippen LogP contribution < -0.4 is 0 Å². The van der Waals surface area contributed by atoms with Gasteiger partial charge in [0.25, 0.3) is 0 Å². The van der Waals surface area contributed by atoms with Crippen LogP contribution in [0.15, 0.2) is 18.5 Å². The Morgan fingerprint density at radius 1 is 1.50 bits per heavy atom. The number of carbonyl (C=O) groups excluding carboxylic acids is 1. The van der Waals surface area contributed by atoms with Gasteiger partial charge < -0.3 is 10.0 Å². The molecule has 1 aromatic rings. The van der Waals surface area contributed by atoms with Crippen LogP contribution in [0.1, 0.15) is 26.2 Å². The number of aliphatic carboxylic acids is 1. The molecule has 20 heavy (non-hydrogen) atoms. The molecule has 0 aliphatic carbocycles. The first-order chi connectivity index (χ1) is 9.63. The summed E-state index contributed by atoms with van der Waals surface area (Å²) in [6.45, 7) is 2.53. The molecule has 0 bridgehead atoms. The van der Waals surface area contributed by atoms with Crippen LogP contribution in [0.2, 0.25) is 0 Å². The summed E-state index contributed by atoms with van der Waals surface area (Å²) in [5.74, 6) is -0.534. The second-order valence-corrected chi connectivity index (χ2v) is 5.96. The van der Waals surface area contributed by atoms with E-state index in [9.17, 15) is 14.7 Å². The number of hydrogen-bond donors (Lipinski definition) is 1. The Labute approximate surface area is 122 Å². The van der Waals surface area contributed by atoms with E-state index in [0.29, 0.717) is 12.3 Å². The van der Waals surface area contributed by atoms with Crippen molar-refractivity contribution in [3.05, 3.63) is 18.5 Å². The molecule has 0 saturated carbocycles. The van der Waals surface area contributed by atoms with E-state index in [1.165, 1.54) is 0 Å². The fourth-order valence-corrected chi connectivity index (χ4v) is 3.86. The lowest BCUT2D eigenvalue weighted by Gasteiger charge is -2.27. The van der Waals surface area contributed by atoms with Crippen LogP contribution in [0.3, 0.4) is 0 Å².